The molecule has 14 heteroatoms. The first-order valence-corrected chi connectivity index (χ1v) is 34.4. The number of ether oxygens (including phenoxy) is 3. The molecule has 0 unspecified atom stereocenters. The number of aliphatic carboxylic acids is 1. The largest absolute Gasteiger partial charge is 0.494 e. The number of hydrogen-bond acceptors (Lipinski definition) is 10. The molecule has 0 spiro atoms. The van der Waals surface area contributed by atoms with E-state index in [1.165, 1.54) is 132 Å². The number of aromatic nitrogens is 1. The van der Waals surface area contributed by atoms with E-state index in [0.717, 1.165) is 93.5 Å². The van der Waals surface area contributed by atoms with Gasteiger partial charge in [0, 0.05) is 17.7 Å². The van der Waals surface area contributed by atoms with E-state index >= 15 is 0 Å². The van der Waals surface area contributed by atoms with Crippen LogP contribution in [0.25, 0.3) is 44.0 Å². The number of carboxylic acids is 4. The fourth-order valence-corrected chi connectivity index (χ4v) is 11.0. The average Bonchev–Trinajstić information content (AvgIpc) is 1.73. The second-order valence-electron chi connectivity index (χ2n) is 23.3. The highest BCUT2D eigenvalue weighted by Gasteiger charge is 2.15. The Kier molecular flexibility index (Phi) is 35.6. The van der Waals surface area contributed by atoms with E-state index < -0.39 is 29.7 Å². The number of aromatic carboxylic acids is 3. The Morgan fingerprint density at radius 2 is 0.691 bits per heavy atom. The predicted octanol–water partition coefficient (Wildman–Crippen LogP) is 20.9. The molecule has 8 rings (SSSR count). The van der Waals surface area contributed by atoms with Gasteiger partial charge in [-0.05, 0) is 138 Å². The molecule has 4 N–H and O–H groups in total. The van der Waals surface area contributed by atoms with E-state index in [2.05, 4.69) is 81.2 Å². The van der Waals surface area contributed by atoms with Crippen molar-refractivity contribution in [3.8, 4) is 55.6 Å². The van der Waals surface area contributed by atoms with Crippen molar-refractivity contribution in [1.82, 2.24) is 4.98 Å². The quantitative estimate of drug-likeness (QED) is 0.0163. The lowest BCUT2D eigenvalue weighted by Crippen LogP contribution is -2.12. The summed E-state index contributed by atoms with van der Waals surface area (Å²) in [6.45, 7) is 13.3. The summed E-state index contributed by atoms with van der Waals surface area (Å²) in [6, 6.07) is 52.4. The van der Waals surface area contributed by atoms with Gasteiger partial charge in [0.2, 0.25) is 5.88 Å². The molecule has 0 bridgehead atoms. The molecule has 0 radical (unpaired) electrons. The SMILES string of the molecule is CCCCCCCCOc1ccc(-c2ccc(C(=O)O)cc2)cc1.CCCCCCCCc1ccc(-c2ccc(C(=O)C(=O)O)cc2)cc1.CCCCCCCCc1ccc(-c2ccc(C(=O)O)cc2)cc1.CCCOCCOc1nc(-c2ccc(C(=O)O)cc2)sc1C. The molecule has 0 saturated heterocycles. The molecule has 7 aromatic carbocycles. The van der Waals surface area contributed by atoms with E-state index in [-0.39, 0.29) is 11.1 Å². The number of hydrogen-bond donors (Lipinski definition) is 4. The van der Waals surface area contributed by atoms with Gasteiger partial charge in [0.15, 0.2) is 0 Å². The summed E-state index contributed by atoms with van der Waals surface area (Å²) in [5.41, 5.74) is 11.0. The lowest BCUT2D eigenvalue weighted by molar-refractivity contribution is -0.131. The van der Waals surface area contributed by atoms with Crippen molar-refractivity contribution in [2.75, 3.05) is 26.4 Å². The fourth-order valence-electron chi connectivity index (χ4n) is 10.1. The number of rotatable bonds is 37. The van der Waals surface area contributed by atoms with Gasteiger partial charge in [0.25, 0.3) is 5.78 Å². The van der Waals surface area contributed by atoms with Gasteiger partial charge in [0.1, 0.15) is 17.4 Å². The van der Waals surface area contributed by atoms with Crippen LogP contribution in [0.15, 0.2) is 170 Å². The summed E-state index contributed by atoms with van der Waals surface area (Å²) in [5, 5.41) is 36.3. The van der Waals surface area contributed by atoms with Crippen molar-refractivity contribution >= 4 is 41.0 Å². The minimum absolute atomic E-state index is 0.205. The summed E-state index contributed by atoms with van der Waals surface area (Å²) < 4.78 is 16.8. The number of benzene rings is 7. The molecule has 0 fully saturated rings. The Morgan fingerprint density at radius 3 is 1.06 bits per heavy atom. The Labute approximate surface area is 561 Å². The molecule has 94 heavy (non-hydrogen) atoms. The third-order valence-corrected chi connectivity index (χ3v) is 16.7. The minimum Gasteiger partial charge on any atom is -0.494 e. The second-order valence-corrected chi connectivity index (χ2v) is 24.5. The summed E-state index contributed by atoms with van der Waals surface area (Å²) in [6.07, 6.45) is 26.6. The average molecular weight is 1300 g/mol. The number of aryl methyl sites for hydroxylation is 3. The van der Waals surface area contributed by atoms with Crippen molar-refractivity contribution < 1.29 is 58.6 Å². The highest BCUT2D eigenvalue weighted by Crippen LogP contribution is 2.32. The smallest absolute Gasteiger partial charge is 0.377 e. The van der Waals surface area contributed by atoms with Crippen LogP contribution >= 0.6 is 11.3 Å². The highest BCUT2D eigenvalue weighted by atomic mass is 32.1. The van der Waals surface area contributed by atoms with Crippen LogP contribution in [-0.4, -0.2) is 81.5 Å². The number of nitrogens with zero attached hydrogens (tertiary/aromatic N) is 1. The maximum Gasteiger partial charge on any atom is 0.377 e. The van der Waals surface area contributed by atoms with Gasteiger partial charge in [-0.2, -0.15) is 0 Å². The first kappa shape index (κ1) is 76.0. The lowest BCUT2D eigenvalue weighted by atomic mass is 9.99. The molecule has 1 heterocycles. The van der Waals surface area contributed by atoms with Gasteiger partial charge in [-0.15, -0.1) is 11.3 Å². The first-order chi connectivity index (χ1) is 45.6. The fraction of sp³-hybridized carbons (Fsp3) is 0.375. The standard InChI is InChI=1S/C22H26O3.C21H26O3.C21H26O2.C16H19NO4S/c1-2-3-4-5-6-7-8-17-9-11-18(12-10-17)19-13-15-20(16-14-19)21(23)22(24)25;1-2-3-4-5-6-7-16-24-20-14-12-18(13-15-20)17-8-10-19(11-9-17)21(22)23;1-2-3-4-5-6-7-8-17-9-11-18(12-10-17)19-13-15-20(16-14-19)21(22)23;1-3-8-20-9-10-21-14-11(2)22-15(17-14)12-4-6-13(7-5-12)16(18)19/h9-16H,2-8H2,1H3,(H,24,25);8-15H,2-7,16H2,1H3,(H,22,23);9-16H,2-8H2,1H3,(H,22,23);4-7H,3,8-10H2,1-2H3,(H,18,19). The summed E-state index contributed by atoms with van der Waals surface area (Å²) >= 11 is 1.53. The number of unbranched alkanes of at least 4 members (excludes halogenated alkanes) is 15. The summed E-state index contributed by atoms with van der Waals surface area (Å²) in [4.78, 5) is 60.2. The molecular weight excluding hydrogens is 1200 g/mol. The van der Waals surface area contributed by atoms with Crippen molar-refractivity contribution in [2.45, 2.75) is 169 Å². The van der Waals surface area contributed by atoms with Crippen LogP contribution < -0.4 is 9.47 Å². The maximum absolute atomic E-state index is 11.4. The zero-order chi connectivity index (χ0) is 67.7. The van der Waals surface area contributed by atoms with Crippen molar-refractivity contribution in [3.05, 3.63) is 208 Å². The summed E-state index contributed by atoms with van der Waals surface area (Å²) in [7, 11) is 0. The monoisotopic (exact) mass is 1300 g/mol. The number of carbonyl (C=O) groups excluding carboxylic acids is 1. The van der Waals surface area contributed by atoms with Crippen LogP contribution in [0.3, 0.4) is 0 Å². The Bertz CT molecular complexity index is 3450. The molecule has 0 aliphatic heterocycles. The third-order valence-electron chi connectivity index (χ3n) is 15.7. The van der Waals surface area contributed by atoms with E-state index in [1.54, 1.807) is 72.8 Å². The highest BCUT2D eigenvalue weighted by molar-refractivity contribution is 7.15. The minimum atomic E-state index is -1.42. The molecule has 0 amide bonds. The van der Waals surface area contributed by atoms with Crippen LogP contribution in [0.5, 0.6) is 11.6 Å². The van der Waals surface area contributed by atoms with Gasteiger partial charge in [-0.1, -0.05) is 245 Å². The van der Waals surface area contributed by atoms with Crippen molar-refractivity contribution in [3.63, 3.8) is 0 Å². The topological polar surface area (TPSA) is 207 Å². The molecule has 0 aliphatic carbocycles. The van der Waals surface area contributed by atoms with Crippen molar-refractivity contribution in [2.24, 2.45) is 0 Å². The molecule has 500 valence electrons. The third kappa shape index (κ3) is 28.2. The Balaban J connectivity index is 0.000000227. The van der Waals surface area contributed by atoms with Gasteiger partial charge >= 0.3 is 23.9 Å². The molecule has 1 aromatic heterocycles. The van der Waals surface area contributed by atoms with Crippen LogP contribution in [0, 0.1) is 6.92 Å². The van der Waals surface area contributed by atoms with E-state index in [9.17, 15) is 24.0 Å². The molecule has 0 saturated carbocycles. The van der Waals surface area contributed by atoms with Crippen LogP contribution in [0.4, 0.5) is 0 Å². The Morgan fingerprint density at radius 1 is 0.351 bits per heavy atom. The van der Waals surface area contributed by atoms with Crippen LogP contribution in [0.2, 0.25) is 0 Å². The number of thiazole rings is 1. The number of carbonyl (C=O) groups is 5. The predicted molar refractivity (Wildman–Crippen MR) is 380 cm³/mol. The number of ketones is 1. The maximum atomic E-state index is 11.4. The van der Waals surface area contributed by atoms with E-state index in [0.29, 0.717) is 30.2 Å². The van der Waals surface area contributed by atoms with E-state index in [1.807, 2.05) is 55.5 Å². The Hall–Kier alpha value is -8.72. The van der Waals surface area contributed by atoms with Crippen LogP contribution in [-0.2, 0) is 22.4 Å². The zero-order valence-corrected chi connectivity index (χ0v) is 56.6. The normalized spacial score (nSPS) is 10.6. The summed E-state index contributed by atoms with van der Waals surface area (Å²) in [5.74, 6) is -3.52. The van der Waals surface area contributed by atoms with Gasteiger partial charge in [0.05, 0.1) is 34.8 Å². The van der Waals surface area contributed by atoms with Crippen molar-refractivity contribution in [1.29, 1.82) is 0 Å². The molecule has 13 nitrogen and oxygen atoms in total. The number of carboxylic acid groups (broad SMARTS) is 4. The van der Waals surface area contributed by atoms with Crippen LogP contribution in [0.1, 0.15) is 207 Å². The number of Topliss-reactive ketones (excluding diaryl/α,β-unsaturated/α-hetero) is 1. The van der Waals surface area contributed by atoms with Gasteiger partial charge in [-0.3, -0.25) is 4.79 Å². The zero-order valence-electron chi connectivity index (χ0n) is 55.8. The van der Waals surface area contributed by atoms with Gasteiger partial charge < -0.3 is 34.6 Å². The van der Waals surface area contributed by atoms with E-state index in [4.69, 9.17) is 34.6 Å². The second kappa shape index (κ2) is 44.0. The lowest BCUT2D eigenvalue weighted by Gasteiger charge is -2.08. The first-order valence-electron chi connectivity index (χ1n) is 33.6. The molecule has 8 aromatic rings. The molecule has 0 aliphatic rings. The van der Waals surface area contributed by atoms with Gasteiger partial charge in [-0.25, -0.2) is 24.2 Å². The molecular formula is C80H97NO12S. The molecule has 0 atom stereocenters.